The summed E-state index contributed by atoms with van der Waals surface area (Å²) in [6.07, 6.45) is 1.91. The molecule has 2 rings (SSSR count). The van der Waals surface area contributed by atoms with Gasteiger partial charge in [0.2, 0.25) is 0 Å². The zero-order valence-corrected chi connectivity index (χ0v) is 10.9. The first kappa shape index (κ1) is 13.1. The average molecular weight is 252 g/mol. The fourth-order valence-corrected chi connectivity index (χ4v) is 2.25. The van der Waals surface area contributed by atoms with Gasteiger partial charge in [-0.2, -0.15) is 0 Å². The monoisotopic (exact) mass is 252 g/mol. The average Bonchev–Trinajstić information content (AvgIpc) is 2.87. The first-order chi connectivity index (χ1) is 8.65. The Kier molecular flexibility index (Phi) is 4.04. The molecule has 0 saturated carbocycles. The van der Waals surface area contributed by atoms with Crippen LogP contribution < -0.4 is 0 Å². The van der Waals surface area contributed by atoms with E-state index in [-0.39, 0.29) is 24.6 Å². The zero-order chi connectivity index (χ0) is 13.1. The third-order valence-electron chi connectivity index (χ3n) is 3.25. The Labute approximate surface area is 107 Å². The molecule has 1 unspecified atom stereocenters. The fourth-order valence-electron chi connectivity index (χ4n) is 2.25. The Balaban J connectivity index is 2.21. The topological polar surface area (TPSA) is 54.7 Å². The summed E-state index contributed by atoms with van der Waals surface area (Å²) in [4.78, 5) is 14.2. The van der Waals surface area contributed by atoms with Crippen molar-refractivity contribution in [3.05, 3.63) is 24.0 Å². The maximum atomic E-state index is 12.5. The minimum atomic E-state index is -0.234. The molecule has 1 saturated heterocycles. The highest BCUT2D eigenvalue weighted by Gasteiger charge is 2.29. The second kappa shape index (κ2) is 5.54. The maximum Gasteiger partial charge on any atom is 0.270 e. The zero-order valence-electron chi connectivity index (χ0n) is 10.9. The van der Waals surface area contributed by atoms with Crippen molar-refractivity contribution in [2.24, 2.45) is 0 Å². The van der Waals surface area contributed by atoms with Crippen molar-refractivity contribution >= 4 is 5.91 Å². The third kappa shape index (κ3) is 2.42. The number of ether oxygens (including phenoxy) is 1. The lowest BCUT2D eigenvalue weighted by atomic mass is 10.2. The lowest BCUT2D eigenvalue weighted by Crippen LogP contribution is -2.50. The van der Waals surface area contributed by atoms with Gasteiger partial charge in [-0.3, -0.25) is 4.79 Å². The predicted octanol–water partition coefficient (Wildman–Crippen LogP) is 0.902. The van der Waals surface area contributed by atoms with Crippen LogP contribution >= 0.6 is 0 Å². The quantitative estimate of drug-likeness (QED) is 0.869. The normalized spacial score (nSPS) is 20.4. The number of rotatable bonds is 3. The highest BCUT2D eigenvalue weighted by Crippen LogP contribution is 2.16. The van der Waals surface area contributed by atoms with Crippen LogP contribution in [-0.2, 0) is 4.74 Å². The summed E-state index contributed by atoms with van der Waals surface area (Å²) < 4.78 is 7.24. The minimum Gasteiger partial charge on any atom is -0.394 e. The smallest absolute Gasteiger partial charge is 0.270 e. The van der Waals surface area contributed by atoms with Gasteiger partial charge < -0.3 is 19.3 Å². The molecule has 0 aliphatic carbocycles. The Hall–Kier alpha value is -1.33. The summed E-state index contributed by atoms with van der Waals surface area (Å²) >= 11 is 0. The summed E-state index contributed by atoms with van der Waals surface area (Å²) in [5.74, 6) is -0.0314. The van der Waals surface area contributed by atoms with E-state index in [4.69, 9.17) is 4.74 Å². The van der Waals surface area contributed by atoms with Crippen molar-refractivity contribution in [3.8, 4) is 0 Å². The van der Waals surface area contributed by atoms with E-state index < -0.39 is 0 Å². The van der Waals surface area contributed by atoms with Gasteiger partial charge in [-0.15, -0.1) is 0 Å². The van der Waals surface area contributed by atoms with Gasteiger partial charge in [-0.25, -0.2) is 0 Å². The molecular weight excluding hydrogens is 232 g/mol. The number of carbonyl (C=O) groups is 1. The summed E-state index contributed by atoms with van der Waals surface area (Å²) in [6, 6.07) is 3.71. The van der Waals surface area contributed by atoms with Gasteiger partial charge >= 0.3 is 0 Å². The van der Waals surface area contributed by atoms with Gasteiger partial charge in [-0.05, 0) is 26.0 Å². The van der Waals surface area contributed by atoms with Crippen LogP contribution in [0.4, 0.5) is 0 Å². The fraction of sp³-hybridized carbons (Fsp3) is 0.615. The van der Waals surface area contributed by atoms with E-state index in [0.29, 0.717) is 25.5 Å². The van der Waals surface area contributed by atoms with Crippen LogP contribution in [-0.4, -0.2) is 52.9 Å². The van der Waals surface area contributed by atoms with E-state index in [1.54, 1.807) is 4.90 Å². The highest BCUT2D eigenvalue weighted by atomic mass is 16.5. The molecule has 1 aromatic heterocycles. The van der Waals surface area contributed by atoms with Crippen LogP contribution in [0.1, 0.15) is 30.4 Å². The van der Waals surface area contributed by atoms with Gasteiger partial charge in [-0.1, -0.05) is 0 Å². The van der Waals surface area contributed by atoms with Crippen LogP contribution in [0.25, 0.3) is 0 Å². The SMILES string of the molecule is CC(C)n1cccc1C(=O)N1CCOCC1CO. The molecule has 1 atom stereocenters. The summed E-state index contributed by atoms with van der Waals surface area (Å²) in [7, 11) is 0. The number of aliphatic hydroxyl groups excluding tert-OH is 1. The molecule has 1 N–H and O–H groups in total. The number of nitrogens with zero attached hydrogens (tertiary/aromatic N) is 2. The van der Waals surface area contributed by atoms with Crippen LogP contribution in [0, 0.1) is 0 Å². The molecule has 1 amide bonds. The largest absolute Gasteiger partial charge is 0.394 e. The second-order valence-electron chi connectivity index (χ2n) is 4.80. The minimum absolute atomic E-state index is 0.0314. The van der Waals surface area contributed by atoms with Gasteiger partial charge in [0.15, 0.2) is 0 Å². The molecule has 1 aromatic rings. The molecule has 1 fully saturated rings. The van der Waals surface area contributed by atoms with Gasteiger partial charge in [0.05, 0.1) is 25.9 Å². The van der Waals surface area contributed by atoms with E-state index in [2.05, 4.69) is 0 Å². The Morgan fingerprint density at radius 2 is 2.39 bits per heavy atom. The molecule has 100 valence electrons. The Bertz CT molecular complexity index is 414. The van der Waals surface area contributed by atoms with Crippen molar-refractivity contribution < 1.29 is 14.6 Å². The second-order valence-corrected chi connectivity index (χ2v) is 4.80. The lowest BCUT2D eigenvalue weighted by molar-refractivity contribution is -0.0189. The molecule has 5 nitrogen and oxygen atoms in total. The molecule has 5 heteroatoms. The van der Waals surface area contributed by atoms with E-state index in [0.717, 1.165) is 0 Å². The lowest BCUT2D eigenvalue weighted by Gasteiger charge is -2.34. The van der Waals surface area contributed by atoms with E-state index >= 15 is 0 Å². The number of hydrogen-bond donors (Lipinski definition) is 1. The molecule has 0 bridgehead atoms. The number of aromatic nitrogens is 1. The molecular formula is C13H20N2O3. The standard InChI is InChI=1S/C13H20N2O3/c1-10(2)14-5-3-4-12(14)13(17)15-6-7-18-9-11(15)8-16/h3-5,10-11,16H,6-9H2,1-2H3. The molecule has 0 spiro atoms. The van der Waals surface area contributed by atoms with Crippen LogP contribution in [0.2, 0.25) is 0 Å². The molecule has 1 aliphatic rings. The first-order valence-electron chi connectivity index (χ1n) is 6.31. The van der Waals surface area contributed by atoms with Crippen LogP contribution in [0.3, 0.4) is 0 Å². The van der Waals surface area contributed by atoms with E-state index in [1.165, 1.54) is 0 Å². The first-order valence-corrected chi connectivity index (χ1v) is 6.31. The number of carbonyl (C=O) groups excluding carboxylic acids is 1. The van der Waals surface area contributed by atoms with Gasteiger partial charge in [0.1, 0.15) is 5.69 Å². The number of morpholine rings is 1. The molecule has 2 heterocycles. The number of aliphatic hydroxyl groups is 1. The van der Waals surface area contributed by atoms with Crippen LogP contribution in [0.15, 0.2) is 18.3 Å². The van der Waals surface area contributed by atoms with Gasteiger partial charge in [0.25, 0.3) is 5.91 Å². The highest BCUT2D eigenvalue weighted by molar-refractivity contribution is 5.93. The third-order valence-corrected chi connectivity index (χ3v) is 3.25. The van der Waals surface area contributed by atoms with Crippen molar-refractivity contribution in [1.29, 1.82) is 0 Å². The molecule has 0 aromatic carbocycles. The van der Waals surface area contributed by atoms with Gasteiger partial charge in [0, 0.05) is 18.8 Å². The van der Waals surface area contributed by atoms with Crippen LogP contribution in [0.5, 0.6) is 0 Å². The Morgan fingerprint density at radius 1 is 1.61 bits per heavy atom. The molecule has 18 heavy (non-hydrogen) atoms. The summed E-state index contributed by atoms with van der Waals surface area (Å²) in [5.41, 5.74) is 0.672. The summed E-state index contributed by atoms with van der Waals surface area (Å²) in [6.45, 7) is 5.50. The number of hydrogen-bond acceptors (Lipinski definition) is 3. The molecule has 1 aliphatic heterocycles. The Morgan fingerprint density at radius 3 is 3.06 bits per heavy atom. The van der Waals surface area contributed by atoms with E-state index in [9.17, 15) is 9.90 Å². The van der Waals surface area contributed by atoms with Crippen molar-refractivity contribution in [2.75, 3.05) is 26.4 Å². The predicted molar refractivity (Wildman–Crippen MR) is 67.5 cm³/mol. The molecule has 0 radical (unpaired) electrons. The van der Waals surface area contributed by atoms with Crippen molar-refractivity contribution in [3.63, 3.8) is 0 Å². The maximum absolute atomic E-state index is 12.5. The number of amides is 1. The van der Waals surface area contributed by atoms with E-state index in [1.807, 2.05) is 36.7 Å². The van der Waals surface area contributed by atoms with Crippen molar-refractivity contribution in [2.45, 2.75) is 25.9 Å². The summed E-state index contributed by atoms with van der Waals surface area (Å²) in [5, 5.41) is 9.31. The van der Waals surface area contributed by atoms with Crippen molar-refractivity contribution in [1.82, 2.24) is 9.47 Å².